The molecule has 0 radical (unpaired) electrons. The highest BCUT2D eigenvalue weighted by atomic mass is 16.8. The summed E-state index contributed by atoms with van der Waals surface area (Å²) in [4.78, 5) is 49.1. The molecule has 30 atom stereocenters. The van der Waals surface area contributed by atoms with Crippen LogP contribution < -0.4 is 21.3 Å². The van der Waals surface area contributed by atoms with Gasteiger partial charge in [0.25, 0.3) is 0 Å². The van der Waals surface area contributed by atoms with Crippen LogP contribution in [-0.4, -0.2) is 331 Å². The number of amides is 4. The molecule has 468 valence electrons. The summed E-state index contributed by atoms with van der Waals surface area (Å²) in [7, 11) is 1.18. The minimum absolute atomic E-state index is 0.318. The third kappa shape index (κ3) is 15.4. The number of methoxy groups -OCH3 is 1. The number of nitrogens with one attached hydrogen (secondary N) is 4. The van der Waals surface area contributed by atoms with E-state index in [0.29, 0.717) is 0 Å². The van der Waals surface area contributed by atoms with Crippen molar-refractivity contribution >= 4 is 23.6 Å². The second kappa shape index (κ2) is 29.7. The molecule has 0 aromatic rings. The van der Waals surface area contributed by atoms with Crippen LogP contribution in [0.4, 0.5) is 0 Å². The second-order valence-electron chi connectivity index (χ2n) is 20.3. The molecule has 35 nitrogen and oxygen atoms in total. The first-order chi connectivity index (χ1) is 38.3. The molecule has 81 heavy (non-hydrogen) atoms. The summed E-state index contributed by atoms with van der Waals surface area (Å²) >= 11 is 0. The fraction of sp³-hybridized carbons (Fsp3) is 0.913. The highest BCUT2D eigenvalue weighted by Gasteiger charge is 2.57. The summed E-state index contributed by atoms with van der Waals surface area (Å²) in [6.45, 7) is -0.577. The van der Waals surface area contributed by atoms with Gasteiger partial charge in [-0.3, -0.25) is 19.2 Å². The first-order valence-electron chi connectivity index (χ1n) is 26.0. The van der Waals surface area contributed by atoms with Crippen molar-refractivity contribution in [1.82, 2.24) is 21.3 Å². The molecule has 0 spiro atoms. The normalized spacial score (nSPS) is 45.8. The zero-order valence-electron chi connectivity index (χ0n) is 44.5. The van der Waals surface area contributed by atoms with E-state index in [9.17, 15) is 95.8 Å². The Labute approximate surface area is 461 Å². The number of carbonyl (C=O) groups excluding carboxylic acids is 4. The maximum Gasteiger partial charge on any atom is 0.217 e. The first-order valence-corrected chi connectivity index (χ1v) is 26.0. The summed E-state index contributed by atoms with van der Waals surface area (Å²) in [5, 5.41) is 172. The molecule has 6 aliphatic heterocycles. The number of aliphatic hydroxyl groups is 15. The Bertz CT molecular complexity index is 2020. The van der Waals surface area contributed by atoms with Gasteiger partial charge >= 0.3 is 0 Å². The summed E-state index contributed by atoms with van der Waals surface area (Å²) in [5.74, 6) is -2.83. The van der Waals surface area contributed by atoms with Gasteiger partial charge < -0.3 is 155 Å². The van der Waals surface area contributed by atoms with Gasteiger partial charge in [-0.2, -0.15) is 0 Å². The summed E-state index contributed by atoms with van der Waals surface area (Å²) in [6, 6.07) is -5.94. The predicted octanol–water partition coefficient (Wildman–Crippen LogP) is -12.5. The number of carbonyl (C=O) groups is 4. The SMILES string of the molecule is CO[C@H]1O[C@H](CCO[C@@H]2O[C@H](CO)[C@@H](O[C@@H]3O[C@H](CO)[C@H](O[C@H]4O[C@H](CO)[C@H](O)[C@H](O)[C@H]4NC(C)=O)[C@H](O)[C@H]3O)[C@H](O)[C@H]2NC(C)=O)[C@H](O)[C@H](O[C@@H]2O[C@H](CO)[C@H](O[C@H]3O[C@H](CO)[C@H](O)[C@H](O)[C@H]3NC(C)=O)[C@H](O)[C@H]2O)[C@H]1NC(C)=O. The minimum Gasteiger partial charge on any atom is -0.394 e. The molecule has 19 N–H and O–H groups in total. The van der Waals surface area contributed by atoms with E-state index in [0.717, 1.165) is 27.7 Å². The molecule has 0 aliphatic carbocycles. The van der Waals surface area contributed by atoms with E-state index in [1.54, 1.807) is 0 Å². The number of rotatable bonds is 22. The number of hydrogen-bond donors (Lipinski definition) is 19. The Morgan fingerprint density at radius 1 is 0.346 bits per heavy atom. The third-order valence-electron chi connectivity index (χ3n) is 14.5. The van der Waals surface area contributed by atoms with Crippen LogP contribution in [0.5, 0.6) is 0 Å². The fourth-order valence-electron chi connectivity index (χ4n) is 10.4. The molecule has 0 aromatic carbocycles. The molecule has 4 amide bonds. The van der Waals surface area contributed by atoms with Crippen LogP contribution in [0.1, 0.15) is 34.1 Å². The fourth-order valence-corrected chi connectivity index (χ4v) is 10.4. The Hall–Kier alpha value is -3.20. The van der Waals surface area contributed by atoms with Crippen molar-refractivity contribution in [1.29, 1.82) is 0 Å². The predicted molar refractivity (Wildman–Crippen MR) is 255 cm³/mol. The van der Waals surface area contributed by atoms with Crippen LogP contribution >= 0.6 is 0 Å². The molecular formula is C46H78N4O31. The lowest BCUT2D eigenvalue weighted by atomic mass is 9.93. The van der Waals surface area contributed by atoms with E-state index in [-0.39, 0.29) is 6.42 Å². The molecule has 6 rings (SSSR count). The average Bonchev–Trinajstić information content (AvgIpc) is 3.42. The van der Waals surface area contributed by atoms with Gasteiger partial charge in [-0.15, -0.1) is 0 Å². The Morgan fingerprint density at radius 2 is 0.667 bits per heavy atom. The van der Waals surface area contributed by atoms with Gasteiger partial charge in [0.2, 0.25) is 23.6 Å². The van der Waals surface area contributed by atoms with E-state index in [1.165, 1.54) is 7.11 Å². The minimum atomic E-state index is -2.10. The van der Waals surface area contributed by atoms with Gasteiger partial charge in [0.1, 0.15) is 140 Å². The molecule has 6 fully saturated rings. The van der Waals surface area contributed by atoms with Crippen LogP contribution in [0.2, 0.25) is 0 Å². The molecule has 0 aromatic heterocycles. The van der Waals surface area contributed by atoms with Crippen LogP contribution in [0.3, 0.4) is 0 Å². The van der Waals surface area contributed by atoms with Crippen molar-refractivity contribution in [3.8, 4) is 0 Å². The molecule has 0 saturated carbocycles. The Balaban J connectivity index is 1.13. The lowest BCUT2D eigenvalue weighted by molar-refractivity contribution is -0.369. The second-order valence-corrected chi connectivity index (χ2v) is 20.3. The van der Waals surface area contributed by atoms with Crippen LogP contribution in [0.15, 0.2) is 0 Å². The van der Waals surface area contributed by atoms with Crippen LogP contribution in [0, 0.1) is 0 Å². The Kier molecular flexibility index (Phi) is 24.6. The van der Waals surface area contributed by atoms with Crippen molar-refractivity contribution < 1.29 is 153 Å². The number of ether oxygens (including phenoxy) is 12. The van der Waals surface area contributed by atoms with Crippen molar-refractivity contribution in [2.45, 2.75) is 218 Å². The lowest BCUT2D eigenvalue weighted by Gasteiger charge is -2.49. The van der Waals surface area contributed by atoms with E-state index in [1.807, 2.05) is 0 Å². The molecule has 6 aliphatic rings. The standard InChI is InChI=1S/C46H78N4O31/c1-13(56)47-23-30(63)27(60)18(8-51)73-43(23)78-38-21(11-54)76-45(35(68)33(38)66)80-37-20(10-53)75-42(25(32(37)65)49-15(3)58)71-7-6-17-29(62)40(26(50-16(4)59)41(70-5)72-17)81-46-36(69)34(67)39(22(12-55)77-46)79-44-24(48-14(2)57)31(64)28(61)19(9-52)74-44/h17-46,51-55,60-69H,6-12H2,1-5H3,(H,47,56)(H,48,57)(H,49,58)(H,50,59)/t17-,18-,19-,20-,21-,22-,23-,24-,25-,26-,27+,28+,29+,30-,31-,32-,33-,34-,35-,36-,37-,38+,39+,40-,41+,42-,43-,44-,45+,46+/m1/s1. The summed E-state index contributed by atoms with van der Waals surface area (Å²) in [5.41, 5.74) is 0. The largest absolute Gasteiger partial charge is 0.394 e. The molecular weight excluding hydrogens is 1100 g/mol. The number of hydrogen-bond acceptors (Lipinski definition) is 31. The maximum atomic E-state index is 12.6. The van der Waals surface area contributed by atoms with E-state index in [2.05, 4.69) is 21.3 Å². The smallest absolute Gasteiger partial charge is 0.217 e. The van der Waals surface area contributed by atoms with Gasteiger partial charge in [0, 0.05) is 34.8 Å². The van der Waals surface area contributed by atoms with E-state index in [4.69, 9.17) is 56.8 Å². The number of aliphatic hydroxyl groups excluding tert-OH is 15. The topological polar surface area (TPSA) is 531 Å². The highest BCUT2D eigenvalue weighted by Crippen LogP contribution is 2.36. The van der Waals surface area contributed by atoms with E-state index < -0.39 is 247 Å². The molecule has 0 bridgehead atoms. The lowest BCUT2D eigenvalue weighted by Crippen LogP contribution is -2.69. The van der Waals surface area contributed by atoms with Crippen molar-refractivity contribution in [2.24, 2.45) is 0 Å². The zero-order chi connectivity index (χ0) is 59.9. The first kappa shape index (κ1) is 66.9. The molecule has 35 heteroatoms. The van der Waals surface area contributed by atoms with Crippen molar-refractivity contribution in [3.63, 3.8) is 0 Å². The quantitative estimate of drug-likeness (QED) is 0.0479. The van der Waals surface area contributed by atoms with Crippen molar-refractivity contribution in [2.75, 3.05) is 46.8 Å². The maximum absolute atomic E-state index is 12.6. The molecule has 6 heterocycles. The summed E-state index contributed by atoms with van der Waals surface area (Å²) < 4.78 is 69.8. The van der Waals surface area contributed by atoms with Gasteiger partial charge in [-0.25, -0.2) is 0 Å². The zero-order valence-corrected chi connectivity index (χ0v) is 44.5. The summed E-state index contributed by atoms with van der Waals surface area (Å²) in [6.07, 6.45) is -45.4. The highest BCUT2D eigenvalue weighted by molar-refractivity contribution is 5.74. The van der Waals surface area contributed by atoms with E-state index >= 15 is 0 Å². The molecule has 0 unspecified atom stereocenters. The van der Waals surface area contributed by atoms with Crippen molar-refractivity contribution in [3.05, 3.63) is 0 Å². The third-order valence-corrected chi connectivity index (χ3v) is 14.5. The monoisotopic (exact) mass is 1180 g/mol. The molecule has 6 saturated heterocycles. The van der Waals surface area contributed by atoms with Gasteiger partial charge in [-0.1, -0.05) is 0 Å². The van der Waals surface area contributed by atoms with Crippen LogP contribution in [-0.2, 0) is 76.0 Å². The van der Waals surface area contributed by atoms with Gasteiger partial charge in [0.15, 0.2) is 37.7 Å². The van der Waals surface area contributed by atoms with Gasteiger partial charge in [-0.05, 0) is 6.42 Å². The Morgan fingerprint density at radius 3 is 1.05 bits per heavy atom. The average molecular weight is 1180 g/mol. The van der Waals surface area contributed by atoms with Gasteiger partial charge in [0.05, 0.1) is 45.7 Å². The van der Waals surface area contributed by atoms with Crippen LogP contribution in [0.25, 0.3) is 0 Å².